The highest BCUT2D eigenvalue weighted by Crippen LogP contribution is 2.30. The molecule has 5 heteroatoms. The first kappa shape index (κ1) is 20.9. The maximum Gasteiger partial charge on any atom is 0.253 e. The van der Waals surface area contributed by atoms with E-state index in [2.05, 4.69) is 24.1 Å². The van der Waals surface area contributed by atoms with Crippen molar-refractivity contribution in [2.24, 2.45) is 5.41 Å². The molecule has 0 spiro atoms. The SMILES string of the molecule is CC1(Cc2ccc(C(=O)NCCCN3C(=O)C=CC3=O)cc2)C#CCCCCC1. The highest BCUT2D eigenvalue weighted by Gasteiger charge is 2.23. The average Bonchev–Trinajstić information content (AvgIpc) is 3.01. The molecule has 2 aliphatic rings. The summed E-state index contributed by atoms with van der Waals surface area (Å²) in [7, 11) is 0. The number of imide groups is 1. The van der Waals surface area contributed by atoms with Gasteiger partial charge in [-0.1, -0.05) is 30.9 Å². The number of hydrogen-bond donors (Lipinski definition) is 1. The van der Waals surface area contributed by atoms with Crippen LogP contribution in [0.1, 0.15) is 61.4 Å². The fraction of sp³-hybridized carbons (Fsp3) is 0.458. The number of nitrogens with zero attached hydrogens (tertiary/aromatic N) is 1. The van der Waals surface area contributed by atoms with E-state index < -0.39 is 0 Å². The fourth-order valence-corrected chi connectivity index (χ4v) is 3.79. The average molecular weight is 392 g/mol. The van der Waals surface area contributed by atoms with Gasteiger partial charge in [0.05, 0.1) is 0 Å². The minimum Gasteiger partial charge on any atom is -0.352 e. The van der Waals surface area contributed by atoms with E-state index in [1.165, 1.54) is 41.9 Å². The zero-order valence-corrected chi connectivity index (χ0v) is 17.0. The lowest BCUT2D eigenvalue weighted by atomic mass is 9.78. The summed E-state index contributed by atoms with van der Waals surface area (Å²) in [5.41, 5.74) is 1.80. The lowest BCUT2D eigenvalue weighted by Crippen LogP contribution is -2.33. The molecule has 1 heterocycles. The molecule has 1 atom stereocenters. The number of carbonyl (C=O) groups excluding carboxylic acids is 3. The summed E-state index contributed by atoms with van der Waals surface area (Å²) in [5, 5.41) is 2.85. The Bertz CT molecular complexity index is 842. The third kappa shape index (κ3) is 5.80. The Kier molecular flexibility index (Phi) is 6.87. The van der Waals surface area contributed by atoms with Gasteiger partial charge in [0, 0.05) is 42.6 Å². The molecule has 0 saturated carbocycles. The maximum atomic E-state index is 12.3. The van der Waals surface area contributed by atoms with Gasteiger partial charge >= 0.3 is 0 Å². The van der Waals surface area contributed by atoms with Crippen LogP contribution < -0.4 is 5.32 Å². The van der Waals surface area contributed by atoms with Crippen molar-refractivity contribution in [2.75, 3.05) is 13.1 Å². The van der Waals surface area contributed by atoms with Gasteiger partial charge in [0.1, 0.15) is 0 Å². The van der Waals surface area contributed by atoms with Crippen LogP contribution in [0.25, 0.3) is 0 Å². The summed E-state index contributed by atoms with van der Waals surface area (Å²) >= 11 is 0. The summed E-state index contributed by atoms with van der Waals surface area (Å²) < 4.78 is 0. The van der Waals surface area contributed by atoms with Crippen molar-refractivity contribution < 1.29 is 14.4 Å². The summed E-state index contributed by atoms with van der Waals surface area (Å²) in [6, 6.07) is 7.71. The van der Waals surface area contributed by atoms with Crippen molar-refractivity contribution in [3.63, 3.8) is 0 Å². The second kappa shape index (κ2) is 9.56. The quantitative estimate of drug-likeness (QED) is 0.440. The standard InChI is InChI=1S/C24H28N2O3/c1-24(14-5-3-2-4-6-15-24)18-19-8-10-20(11-9-19)23(29)25-16-7-17-26-21(27)12-13-22(26)28/h8-13H,2-5,7,14,16-18H2,1H3,(H,25,29). The molecule has 5 nitrogen and oxygen atoms in total. The summed E-state index contributed by atoms with van der Waals surface area (Å²) in [5.74, 6) is 6.05. The molecule has 152 valence electrons. The zero-order valence-electron chi connectivity index (χ0n) is 17.0. The van der Waals surface area contributed by atoms with E-state index in [9.17, 15) is 14.4 Å². The Morgan fingerprint density at radius 2 is 1.83 bits per heavy atom. The number of rotatable bonds is 7. The van der Waals surface area contributed by atoms with Crippen LogP contribution in [0.15, 0.2) is 36.4 Å². The van der Waals surface area contributed by atoms with Crippen molar-refractivity contribution in [1.82, 2.24) is 10.2 Å². The molecule has 1 aliphatic carbocycles. The molecule has 0 radical (unpaired) electrons. The Balaban J connectivity index is 1.47. The van der Waals surface area contributed by atoms with Gasteiger partial charge in [-0.05, 0) is 50.3 Å². The van der Waals surface area contributed by atoms with Gasteiger partial charge < -0.3 is 5.32 Å². The molecular weight excluding hydrogens is 364 g/mol. The van der Waals surface area contributed by atoms with Crippen LogP contribution >= 0.6 is 0 Å². The number of benzene rings is 1. The fourth-order valence-electron chi connectivity index (χ4n) is 3.79. The first-order valence-corrected chi connectivity index (χ1v) is 10.4. The van der Waals surface area contributed by atoms with Crippen LogP contribution in [0.2, 0.25) is 0 Å². The lowest BCUT2D eigenvalue weighted by Gasteiger charge is -2.25. The van der Waals surface area contributed by atoms with E-state index >= 15 is 0 Å². The van der Waals surface area contributed by atoms with Crippen molar-refractivity contribution in [1.29, 1.82) is 0 Å². The van der Waals surface area contributed by atoms with Crippen LogP contribution in [0.4, 0.5) is 0 Å². The van der Waals surface area contributed by atoms with Gasteiger partial charge in [-0.15, -0.1) is 5.92 Å². The van der Waals surface area contributed by atoms with Crippen LogP contribution in [0, 0.1) is 17.3 Å². The van der Waals surface area contributed by atoms with E-state index in [-0.39, 0.29) is 23.1 Å². The minimum atomic E-state index is -0.292. The molecule has 3 amide bonds. The number of carbonyl (C=O) groups is 3. The van der Waals surface area contributed by atoms with Gasteiger partial charge in [-0.2, -0.15) is 0 Å². The molecule has 1 aromatic rings. The first-order chi connectivity index (χ1) is 14.0. The molecular formula is C24H28N2O3. The molecule has 0 bridgehead atoms. The highest BCUT2D eigenvalue weighted by atomic mass is 16.2. The van der Waals surface area contributed by atoms with Crippen molar-refractivity contribution in [2.45, 2.75) is 51.9 Å². The maximum absolute atomic E-state index is 12.3. The van der Waals surface area contributed by atoms with Crippen molar-refractivity contribution in [3.8, 4) is 11.8 Å². The van der Waals surface area contributed by atoms with E-state index in [0.717, 1.165) is 19.3 Å². The first-order valence-electron chi connectivity index (χ1n) is 10.4. The van der Waals surface area contributed by atoms with Gasteiger partial charge in [0.2, 0.25) is 0 Å². The smallest absolute Gasteiger partial charge is 0.253 e. The molecule has 1 aliphatic heterocycles. The lowest BCUT2D eigenvalue weighted by molar-refractivity contribution is -0.136. The summed E-state index contributed by atoms with van der Waals surface area (Å²) in [6.45, 7) is 2.95. The van der Waals surface area contributed by atoms with Crippen LogP contribution in [-0.4, -0.2) is 35.7 Å². The Hall–Kier alpha value is -2.87. The van der Waals surface area contributed by atoms with Crippen molar-refractivity contribution >= 4 is 17.7 Å². The molecule has 0 saturated heterocycles. The third-order valence-corrected chi connectivity index (χ3v) is 5.48. The molecule has 29 heavy (non-hydrogen) atoms. The van der Waals surface area contributed by atoms with E-state index in [0.29, 0.717) is 25.1 Å². The van der Waals surface area contributed by atoms with Crippen LogP contribution in [-0.2, 0) is 16.0 Å². The topological polar surface area (TPSA) is 66.5 Å². The predicted octanol–water partition coefficient (Wildman–Crippen LogP) is 3.25. The van der Waals surface area contributed by atoms with Gasteiger partial charge in [-0.3, -0.25) is 19.3 Å². The Morgan fingerprint density at radius 3 is 2.55 bits per heavy atom. The molecule has 1 unspecified atom stereocenters. The van der Waals surface area contributed by atoms with Gasteiger partial charge in [0.25, 0.3) is 17.7 Å². The number of nitrogens with one attached hydrogen (secondary N) is 1. The van der Waals surface area contributed by atoms with Crippen LogP contribution in [0.3, 0.4) is 0 Å². The van der Waals surface area contributed by atoms with Crippen LogP contribution in [0.5, 0.6) is 0 Å². The monoisotopic (exact) mass is 392 g/mol. The second-order valence-electron chi connectivity index (χ2n) is 8.07. The number of amides is 3. The predicted molar refractivity (Wildman–Crippen MR) is 112 cm³/mol. The number of hydrogen-bond acceptors (Lipinski definition) is 3. The van der Waals surface area contributed by atoms with E-state index in [1.807, 2.05) is 24.3 Å². The zero-order chi connectivity index (χ0) is 20.7. The molecule has 3 rings (SSSR count). The molecule has 0 fully saturated rings. The molecule has 0 aromatic heterocycles. The molecule has 1 N–H and O–H groups in total. The normalized spacial score (nSPS) is 21.3. The Morgan fingerprint density at radius 1 is 1.10 bits per heavy atom. The van der Waals surface area contributed by atoms with Gasteiger partial charge in [-0.25, -0.2) is 0 Å². The van der Waals surface area contributed by atoms with Crippen molar-refractivity contribution in [3.05, 3.63) is 47.5 Å². The Labute approximate surface area is 172 Å². The molecule has 1 aromatic carbocycles. The minimum absolute atomic E-state index is 0.00347. The van der Waals surface area contributed by atoms with E-state index in [1.54, 1.807) is 0 Å². The third-order valence-electron chi connectivity index (χ3n) is 5.48. The summed E-state index contributed by atoms with van der Waals surface area (Å²) in [4.78, 5) is 36.5. The van der Waals surface area contributed by atoms with Gasteiger partial charge in [0.15, 0.2) is 0 Å². The highest BCUT2D eigenvalue weighted by molar-refractivity contribution is 6.12. The van der Waals surface area contributed by atoms with E-state index in [4.69, 9.17) is 0 Å². The second-order valence-corrected chi connectivity index (χ2v) is 8.07. The summed E-state index contributed by atoms with van der Waals surface area (Å²) in [6.07, 6.45) is 9.74. The largest absolute Gasteiger partial charge is 0.352 e.